The van der Waals surface area contributed by atoms with E-state index in [0.29, 0.717) is 6.42 Å². The highest BCUT2D eigenvalue weighted by Gasteiger charge is 2.46. The van der Waals surface area contributed by atoms with E-state index in [4.69, 9.17) is 4.74 Å². The molecule has 1 aliphatic rings. The first-order valence-corrected chi connectivity index (χ1v) is 8.92. The lowest BCUT2D eigenvalue weighted by atomic mass is 9.97. The SMILES string of the molecule is C/C(=N\[S@](=O)C(C)(C)C)c1cccc(C(F)(F)[C@@H]2CCCO2)c1F. The van der Waals surface area contributed by atoms with Crippen LogP contribution in [0.3, 0.4) is 0 Å². The molecule has 1 aromatic carbocycles. The molecule has 1 heterocycles. The van der Waals surface area contributed by atoms with Crippen LogP contribution in [0.1, 0.15) is 51.7 Å². The van der Waals surface area contributed by atoms with Crippen LogP contribution in [0, 0.1) is 5.82 Å². The number of nitrogens with zero attached hydrogens (tertiary/aromatic N) is 1. The van der Waals surface area contributed by atoms with E-state index in [1.54, 1.807) is 20.8 Å². The highest BCUT2D eigenvalue weighted by Crippen LogP contribution is 2.40. The summed E-state index contributed by atoms with van der Waals surface area (Å²) in [4.78, 5) is 0. The number of ether oxygens (including phenoxy) is 1. The average Bonchev–Trinajstić information content (AvgIpc) is 3.01. The Morgan fingerprint density at radius 2 is 2.00 bits per heavy atom. The molecule has 1 aromatic rings. The maximum Gasteiger partial charge on any atom is 0.301 e. The summed E-state index contributed by atoms with van der Waals surface area (Å²) in [6.45, 7) is 6.93. The topological polar surface area (TPSA) is 38.7 Å². The zero-order valence-electron chi connectivity index (χ0n) is 14.2. The van der Waals surface area contributed by atoms with Crippen LogP contribution in [-0.2, 0) is 21.6 Å². The van der Waals surface area contributed by atoms with Gasteiger partial charge >= 0.3 is 5.92 Å². The molecule has 0 spiro atoms. The summed E-state index contributed by atoms with van der Waals surface area (Å²) < 4.78 is 64.3. The van der Waals surface area contributed by atoms with Crippen LogP contribution in [0.2, 0.25) is 0 Å². The van der Waals surface area contributed by atoms with Gasteiger partial charge in [0, 0.05) is 12.2 Å². The van der Waals surface area contributed by atoms with E-state index < -0.39 is 39.1 Å². The Morgan fingerprint density at radius 3 is 2.54 bits per heavy atom. The van der Waals surface area contributed by atoms with Gasteiger partial charge in [0.2, 0.25) is 0 Å². The van der Waals surface area contributed by atoms with Crippen molar-refractivity contribution < 1.29 is 22.1 Å². The first-order valence-electron chi connectivity index (χ1n) is 7.81. The van der Waals surface area contributed by atoms with Crippen LogP contribution >= 0.6 is 0 Å². The van der Waals surface area contributed by atoms with Gasteiger partial charge in [-0.15, -0.1) is 0 Å². The van der Waals surface area contributed by atoms with Crippen molar-refractivity contribution in [1.82, 2.24) is 0 Å². The van der Waals surface area contributed by atoms with Crippen molar-refractivity contribution in [2.75, 3.05) is 6.61 Å². The minimum Gasteiger partial charge on any atom is -0.372 e. The Bertz CT molecular complexity index is 662. The second-order valence-corrected chi connectivity index (χ2v) is 8.74. The third-order valence-electron chi connectivity index (χ3n) is 3.83. The first-order chi connectivity index (χ1) is 11.0. The zero-order chi connectivity index (χ0) is 18.1. The summed E-state index contributed by atoms with van der Waals surface area (Å²) in [5, 5.41) is 0. The molecule has 0 N–H and O–H groups in total. The van der Waals surface area contributed by atoms with E-state index in [-0.39, 0.29) is 24.3 Å². The summed E-state index contributed by atoms with van der Waals surface area (Å²) in [5.74, 6) is -4.45. The molecule has 0 amide bonds. The van der Waals surface area contributed by atoms with Crippen molar-refractivity contribution >= 4 is 16.7 Å². The molecular weight excluding hydrogens is 339 g/mol. The van der Waals surface area contributed by atoms with E-state index in [1.165, 1.54) is 19.1 Å². The van der Waals surface area contributed by atoms with Crippen LogP contribution < -0.4 is 0 Å². The predicted octanol–water partition coefficient (Wildman–Crippen LogP) is 4.37. The van der Waals surface area contributed by atoms with Gasteiger partial charge in [0.25, 0.3) is 0 Å². The van der Waals surface area contributed by atoms with Gasteiger partial charge in [-0.3, -0.25) is 0 Å². The van der Waals surface area contributed by atoms with Crippen LogP contribution in [0.15, 0.2) is 22.6 Å². The Hall–Kier alpha value is -1.21. The highest BCUT2D eigenvalue weighted by molar-refractivity contribution is 7.85. The summed E-state index contributed by atoms with van der Waals surface area (Å²) in [6.07, 6.45) is -0.590. The zero-order valence-corrected chi connectivity index (χ0v) is 15.1. The molecule has 24 heavy (non-hydrogen) atoms. The van der Waals surface area contributed by atoms with Crippen molar-refractivity contribution in [3.05, 3.63) is 35.1 Å². The fourth-order valence-electron chi connectivity index (χ4n) is 2.42. The van der Waals surface area contributed by atoms with E-state index in [2.05, 4.69) is 4.40 Å². The van der Waals surface area contributed by atoms with Crippen LogP contribution in [0.25, 0.3) is 0 Å². The Kier molecular flexibility index (Phi) is 5.54. The summed E-state index contributed by atoms with van der Waals surface area (Å²) in [7, 11) is -1.60. The number of hydrogen-bond acceptors (Lipinski definition) is 2. The molecule has 1 saturated heterocycles. The molecule has 134 valence electrons. The number of hydrogen-bond donors (Lipinski definition) is 0. The normalized spacial score (nSPS) is 21.1. The molecule has 0 aromatic heterocycles. The maximum absolute atomic E-state index is 14.7. The number of alkyl halides is 2. The number of rotatable bonds is 4. The highest BCUT2D eigenvalue weighted by atomic mass is 32.2. The molecule has 2 rings (SSSR count). The molecule has 0 radical (unpaired) electrons. The molecule has 2 atom stereocenters. The van der Waals surface area contributed by atoms with Gasteiger partial charge in [-0.1, -0.05) is 12.1 Å². The summed E-state index contributed by atoms with van der Waals surface area (Å²) >= 11 is 0. The van der Waals surface area contributed by atoms with E-state index in [1.807, 2.05) is 0 Å². The summed E-state index contributed by atoms with van der Waals surface area (Å²) in [5.41, 5.74) is -0.642. The van der Waals surface area contributed by atoms with Gasteiger partial charge in [-0.25, -0.2) is 8.60 Å². The second kappa shape index (κ2) is 6.96. The Balaban J connectivity index is 2.41. The average molecular weight is 361 g/mol. The standard InChI is InChI=1S/C17H22F3NO2S/c1-11(21-24(22)16(2,3)4)12-7-5-8-13(15(12)18)17(19,20)14-9-6-10-23-14/h5,7-8,14H,6,9-10H2,1-4H3/b21-11+/t14-,24+/m0/s1. The monoisotopic (exact) mass is 361 g/mol. The van der Waals surface area contributed by atoms with Crippen molar-refractivity contribution in [3.63, 3.8) is 0 Å². The molecule has 0 saturated carbocycles. The molecule has 0 unspecified atom stereocenters. The lowest BCUT2D eigenvalue weighted by molar-refractivity contribution is -0.124. The quantitative estimate of drug-likeness (QED) is 0.747. The molecule has 1 aliphatic heterocycles. The van der Waals surface area contributed by atoms with Crippen molar-refractivity contribution in [3.8, 4) is 0 Å². The number of halogens is 3. The third kappa shape index (κ3) is 3.88. The second-order valence-electron chi connectivity index (χ2n) is 6.83. The predicted molar refractivity (Wildman–Crippen MR) is 89.4 cm³/mol. The van der Waals surface area contributed by atoms with E-state index in [0.717, 1.165) is 6.07 Å². The van der Waals surface area contributed by atoms with Crippen LogP contribution in [0.4, 0.5) is 13.2 Å². The molecule has 0 bridgehead atoms. The molecule has 0 aliphatic carbocycles. The first kappa shape index (κ1) is 19.1. The van der Waals surface area contributed by atoms with Crippen molar-refractivity contribution in [2.24, 2.45) is 4.40 Å². The smallest absolute Gasteiger partial charge is 0.301 e. The third-order valence-corrected chi connectivity index (χ3v) is 5.31. The lowest BCUT2D eigenvalue weighted by Crippen LogP contribution is -2.31. The van der Waals surface area contributed by atoms with Gasteiger partial charge in [0.15, 0.2) is 0 Å². The van der Waals surface area contributed by atoms with Gasteiger partial charge in [0.1, 0.15) is 22.9 Å². The van der Waals surface area contributed by atoms with Crippen molar-refractivity contribution in [1.29, 1.82) is 0 Å². The fourth-order valence-corrected chi connectivity index (χ4v) is 3.04. The molecule has 7 heteroatoms. The summed E-state index contributed by atoms with van der Waals surface area (Å²) in [6, 6.07) is 3.78. The van der Waals surface area contributed by atoms with Gasteiger partial charge in [-0.05, 0) is 46.6 Å². The van der Waals surface area contributed by atoms with E-state index in [9.17, 15) is 17.4 Å². The number of benzene rings is 1. The van der Waals surface area contributed by atoms with E-state index >= 15 is 0 Å². The molecular formula is C17H22F3NO2S. The molecule has 1 fully saturated rings. The Morgan fingerprint density at radius 1 is 1.33 bits per heavy atom. The van der Waals surface area contributed by atoms with Crippen LogP contribution in [0.5, 0.6) is 0 Å². The fraction of sp³-hybridized carbons (Fsp3) is 0.588. The van der Waals surface area contributed by atoms with Gasteiger partial charge in [-0.2, -0.15) is 13.2 Å². The lowest BCUT2D eigenvalue weighted by Gasteiger charge is -2.24. The van der Waals surface area contributed by atoms with Gasteiger partial charge in [0.05, 0.1) is 16.0 Å². The largest absolute Gasteiger partial charge is 0.372 e. The minimum atomic E-state index is -3.42. The molecule has 3 nitrogen and oxygen atoms in total. The van der Waals surface area contributed by atoms with Gasteiger partial charge < -0.3 is 4.74 Å². The maximum atomic E-state index is 14.7. The van der Waals surface area contributed by atoms with Crippen molar-refractivity contribution in [2.45, 2.75) is 57.3 Å². The van der Waals surface area contributed by atoms with Crippen LogP contribution in [-0.4, -0.2) is 27.4 Å². The Labute approximate surface area is 142 Å². The minimum absolute atomic E-state index is 0.0669.